The van der Waals surface area contributed by atoms with E-state index >= 15 is 0 Å². The van der Waals surface area contributed by atoms with Gasteiger partial charge in [0.15, 0.2) is 11.5 Å². The number of benzene rings is 3. The quantitative estimate of drug-likeness (QED) is 0.329. The van der Waals surface area contributed by atoms with Crippen LogP contribution in [0.25, 0.3) is 6.08 Å². The van der Waals surface area contributed by atoms with Crippen LogP contribution in [-0.4, -0.2) is 22.7 Å². The lowest BCUT2D eigenvalue weighted by atomic mass is 10.1. The number of carbonyl (C=O) groups excluding carboxylic acids is 2. The first kappa shape index (κ1) is 24.4. The molecule has 2 amide bonds. The molecule has 1 fully saturated rings. The van der Waals surface area contributed by atoms with Crippen LogP contribution in [0, 0.1) is 11.3 Å². The normalized spacial score (nSPS) is 14.3. The van der Waals surface area contributed by atoms with Gasteiger partial charge < -0.3 is 9.47 Å². The number of carbonyl (C=O) groups is 2. The van der Waals surface area contributed by atoms with Crippen LogP contribution >= 0.6 is 23.4 Å². The Morgan fingerprint density at radius 3 is 2.49 bits per heavy atom. The lowest BCUT2D eigenvalue weighted by molar-refractivity contribution is -0.123. The molecule has 3 aromatic rings. The monoisotopic (exact) mass is 504 g/mol. The Bertz CT molecular complexity index is 1350. The van der Waals surface area contributed by atoms with Crippen LogP contribution in [0.1, 0.15) is 29.2 Å². The molecular weight excluding hydrogens is 484 g/mol. The van der Waals surface area contributed by atoms with Gasteiger partial charge in [-0.05, 0) is 60.2 Å². The third-order valence-electron chi connectivity index (χ3n) is 5.25. The summed E-state index contributed by atoms with van der Waals surface area (Å²) in [6.45, 7) is 2.61. The van der Waals surface area contributed by atoms with E-state index < -0.39 is 0 Å². The van der Waals surface area contributed by atoms with Crippen molar-refractivity contribution in [3.05, 3.63) is 98.9 Å². The second-order valence-electron chi connectivity index (χ2n) is 7.56. The van der Waals surface area contributed by atoms with Crippen molar-refractivity contribution in [1.82, 2.24) is 4.90 Å². The van der Waals surface area contributed by atoms with Crippen molar-refractivity contribution in [2.75, 3.05) is 6.61 Å². The number of rotatable bonds is 8. The Hall–Kier alpha value is -3.73. The van der Waals surface area contributed by atoms with Crippen molar-refractivity contribution in [1.29, 1.82) is 5.26 Å². The smallest absolute Gasteiger partial charge is 0.293 e. The maximum atomic E-state index is 12.9. The molecule has 3 aromatic carbocycles. The van der Waals surface area contributed by atoms with Gasteiger partial charge in [-0.3, -0.25) is 14.5 Å². The molecule has 0 N–H and O–H groups in total. The van der Waals surface area contributed by atoms with Crippen LogP contribution in [0.5, 0.6) is 11.5 Å². The predicted octanol–water partition coefficient (Wildman–Crippen LogP) is 6.43. The molecule has 6 nitrogen and oxygen atoms in total. The summed E-state index contributed by atoms with van der Waals surface area (Å²) < 4.78 is 11.7. The minimum Gasteiger partial charge on any atom is -0.490 e. The maximum Gasteiger partial charge on any atom is 0.293 e. The molecule has 1 saturated heterocycles. The summed E-state index contributed by atoms with van der Waals surface area (Å²) in [6, 6.07) is 21.8. The molecule has 0 atom stereocenters. The first-order valence-electron chi connectivity index (χ1n) is 10.9. The van der Waals surface area contributed by atoms with E-state index in [1.807, 2.05) is 25.1 Å². The number of thioether (sulfide) groups is 1. The lowest BCUT2D eigenvalue weighted by Crippen LogP contribution is -2.27. The van der Waals surface area contributed by atoms with E-state index in [0.29, 0.717) is 44.7 Å². The minimum atomic E-state index is -0.369. The van der Waals surface area contributed by atoms with Crippen molar-refractivity contribution in [3.63, 3.8) is 0 Å². The van der Waals surface area contributed by atoms with Crippen LogP contribution in [-0.2, 0) is 17.9 Å². The molecule has 176 valence electrons. The summed E-state index contributed by atoms with van der Waals surface area (Å²) in [5.41, 5.74) is 2.72. The van der Waals surface area contributed by atoms with Crippen LogP contribution in [0.15, 0.2) is 71.6 Å². The molecule has 1 aliphatic rings. The van der Waals surface area contributed by atoms with Gasteiger partial charge in [-0.25, -0.2) is 0 Å². The Kier molecular flexibility index (Phi) is 7.76. The van der Waals surface area contributed by atoms with Crippen LogP contribution in [0.2, 0.25) is 5.02 Å². The Labute approximate surface area is 212 Å². The summed E-state index contributed by atoms with van der Waals surface area (Å²) in [4.78, 5) is 26.9. The zero-order valence-corrected chi connectivity index (χ0v) is 20.4. The van der Waals surface area contributed by atoms with Crippen LogP contribution < -0.4 is 9.47 Å². The number of nitrogens with zero attached hydrogens (tertiary/aromatic N) is 2. The SMILES string of the molecule is CCOc1cc(/C=C2/SC(=O)N(Cc3ccccc3Cl)C2=O)ccc1OCc1ccccc1C#N. The number of imide groups is 1. The fraction of sp³-hybridized carbons (Fsp3) is 0.148. The van der Waals surface area contributed by atoms with Gasteiger partial charge in [0, 0.05) is 10.6 Å². The second kappa shape index (κ2) is 11.1. The minimum absolute atomic E-state index is 0.114. The largest absolute Gasteiger partial charge is 0.490 e. The second-order valence-corrected chi connectivity index (χ2v) is 8.96. The molecule has 1 heterocycles. The maximum absolute atomic E-state index is 12.9. The molecule has 0 aromatic heterocycles. The van der Waals surface area contributed by atoms with Crippen LogP contribution in [0.4, 0.5) is 4.79 Å². The average Bonchev–Trinajstić information content (AvgIpc) is 3.12. The molecule has 0 spiro atoms. The average molecular weight is 505 g/mol. The lowest BCUT2D eigenvalue weighted by Gasteiger charge is -2.14. The summed E-state index contributed by atoms with van der Waals surface area (Å²) in [6.07, 6.45) is 1.66. The molecular formula is C27H21ClN2O4S. The zero-order valence-electron chi connectivity index (χ0n) is 18.9. The van der Waals surface area contributed by atoms with Gasteiger partial charge in [0.2, 0.25) is 0 Å². The van der Waals surface area contributed by atoms with Gasteiger partial charge in [0.25, 0.3) is 11.1 Å². The van der Waals surface area contributed by atoms with Gasteiger partial charge in [-0.1, -0.05) is 54.1 Å². The van der Waals surface area contributed by atoms with E-state index in [0.717, 1.165) is 17.3 Å². The predicted molar refractivity (Wildman–Crippen MR) is 136 cm³/mol. The van der Waals surface area contributed by atoms with Gasteiger partial charge in [0.1, 0.15) is 6.61 Å². The van der Waals surface area contributed by atoms with Gasteiger partial charge in [-0.2, -0.15) is 5.26 Å². The fourth-order valence-electron chi connectivity index (χ4n) is 3.50. The number of hydrogen-bond donors (Lipinski definition) is 0. The molecule has 35 heavy (non-hydrogen) atoms. The molecule has 0 radical (unpaired) electrons. The summed E-state index contributed by atoms with van der Waals surface area (Å²) in [7, 11) is 0. The molecule has 8 heteroatoms. The summed E-state index contributed by atoms with van der Waals surface area (Å²) in [5.74, 6) is 0.654. The van der Waals surface area contributed by atoms with E-state index in [9.17, 15) is 14.9 Å². The third-order valence-corrected chi connectivity index (χ3v) is 6.52. The van der Waals surface area contributed by atoms with E-state index in [4.69, 9.17) is 21.1 Å². The van der Waals surface area contributed by atoms with E-state index in [-0.39, 0.29) is 24.3 Å². The zero-order chi connectivity index (χ0) is 24.8. The highest BCUT2D eigenvalue weighted by atomic mass is 35.5. The number of halogens is 1. The van der Waals surface area contributed by atoms with Crippen molar-refractivity contribution >= 4 is 40.6 Å². The highest BCUT2D eigenvalue weighted by Gasteiger charge is 2.35. The fourth-order valence-corrected chi connectivity index (χ4v) is 4.53. The number of amides is 2. The van der Waals surface area contributed by atoms with Crippen molar-refractivity contribution in [2.24, 2.45) is 0 Å². The Morgan fingerprint density at radius 1 is 1.00 bits per heavy atom. The molecule has 0 saturated carbocycles. The van der Waals surface area contributed by atoms with Gasteiger partial charge in [0.05, 0.1) is 29.7 Å². The standard InChI is InChI=1S/C27H21ClN2O4S/c1-2-33-24-13-18(11-12-23(24)34-17-21-9-4-3-7-19(21)15-29)14-25-26(31)30(27(32)35-25)16-20-8-5-6-10-22(20)28/h3-14H,2,16-17H2,1H3/b25-14+. The Morgan fingerprint density at radius 2 is 1.74 bits per heavy atom. The topological polar surface area (TPSA) is 79.6 Å². The molecule has 0 aliphatic carbocycles. The number of nitriles is 1. The highest BCUT2D eigenvalue weighted by Crippen LogP contribution is 2.36. The van der Waals surface area contributed by atoms with Gasteiger partial charge in [-0.15, -0.1) is 0 Å². The van der Waals surface area contributed by atoms with Gasteiger partial charge >= 0.3 is 0 Å². The van der Waals surface area contributed by atoms with Crippen molar-refractivity contribution in [3.8, 4) is 17.6 Å². The van der Waals surface area contributed by atoms with E-state index in [1.54, 1.807) is 54.6 Å². The molecule has 1 aliphatic heterocycles. The molecule has 0 bridgehead atoms. The molecule has 4 rings (SSSR count). The summed E-state index contributed by atoms with van der Waals surface area (Å²) in [5, 5.41) is 9.44. The summed E-state index contributed by atoms with van der Waals surface area (Å²) >= 11 is 7.09. The van der Waals surface area contributed by atoms with Crippen LogP contribution in [0.3, 0.4) is 0 Å². The van der Waals surface area contributed by atoms with E-state index in [2.05, 4.69) is 6.07 Å². The molecule has 0 unspecified atom stereocenters. The highest BCUT2D eigenvalue weighted by molar-refractivity contribution is 8.18. The Balaban J connectivity index is 1.53. The third kappa shape index (κ3) is 5.68. The van der Waals surface area contributed by atoms with Crippen molar-refractivity contribution in [2.45, 2.75) is 20.1 Å². The van der Waals surface area contributed by atoms with E-state index in [1.165, 1.54) is 4.90 Å². The first-order chi connectivity index (χ1) is 17.0. The number of hydrogen-bond acceptors (Lipinski definition) is 6. The number of ether oxygens (including phenoxy) is 2. The van der Waals surface area contributed by atoms with Crippen molar-refractivity contribution < 1.29 is 19.1 Å². The first-order valence-corrected chi connectivity index (χ1v) is 12.1.